The topological polar surface area (TPSA) is 82.2 Å². The van der Waals surface area contributed by atoms with Gasteiger partial charge in [0.1, 0.15) is 6.04 Å². The molecule has 1 aromatic carbocycles. The average molecular weight is 325 g/mol. The van der Waals surface area contributed by atoms with Crippen molar-refractivity contribution in [3.8, 4) is 0 Å². The van der Waals surface area contributed by atoms with Crippen molar-refractivity contribution in [1.82, 2.24) is 10.3 Å². The molecule has 0 spiro atoms. The SMILES string of the molecule is CC(=O)N[C@H](Cc1c[nH]c2cccc(Br)c12)C(=O)O. The molecule has 0 saturated carbocycles. The van der Waals surface area contributed by atoms with E-state index in [0.717, 1.165) is 20.9 Å². The number of fused-ring (bicyclic) bond motifs is 1. The fourth-order valence-corrected chi connectivity index (χ4v) is 2.65. The van der Waals surface area contributed by atoms with Crippen LogP contribution in [0, 0.1) is 0 Å². The van der Waals surface area contributed by atoms with Gasteiger partial charge >= 0.3 is 5.97 Å². The summed E-state index contributed by atoms with van der Waals surface area (Å²) in [4.78, 5) is 25.3. The highest BCUT2D eigenvalue weighted by atomic mass is 79.9. The Morgan fingerprint density at radius 2 is 2.21 bits per heavy atom. The van der Waals surface area contributed by atoms with Crippen LogP contribution in [0.4, 0.5) is 0 Å². The first-order valence-electron chi connectivity index (χ1n) is 5.73. The van der Waals surface area contributed by atoms with Gasteiger partial charge in [0.2, 0.25) is 5.91 Å². The molecule has 1 amide bonds. The minimum atomic E-state index is -1.04. The Balaban J connectivity index is 2.34. The van der Waals surface area contributed by atoms with Gasteiger partial charge in [-0.15, -0.1) is 0 Å². The van der Waals surface area contributed by atoms with Crippen LogP contribution in [-0.4, -0.2) is 28.0 Å². The standard InChI is InChI=1S/C13H13BrN2O3/c1-7(17)16-11(13(18)19)5-8-6-15-10-4-2-3-9(14)12(8)10/h2-4,6,11,15H,5H2,1H3,(H,16,17)(H,18,19)/t11-/m1/s1. The lowest BCUT2D eigenvalue weighted by atomic mass is 10.1. The molecule has 5 nitrogen and oxygen atoms in total. The third-order valence-electron chi connectivity index (χ3n) is 2.84. The van der Waals surface area contributed by atoms with Gasteiger partial charge in [0, 0.05) is 34.9 Å². The van der Waals surface area contributed by atoms with Crippen molar-refractivity contribution in [2.24, 2.45) is 0 Å². The Labute approximate surface area is 118 Å². The molecule has 1 aromatic heterocycles. The zero-order valence-corrected chi connectivity index (χ0v) is 11.8. The van der Waals surface area contributed by atoms with Crippen molar-refractivity contribution in [2.75, 3.05) is 0 Å². The lowest BCUT2D eigenvalue weighted by Gasteiger charge is -2.12. The molecule has 0 bridgehead atoms. The number of hydrogen-bond acceptors (Lipinski definition) is 2. The van der Waals surface area contributed by atoms with Crippen LogP contribution in [0.1, 0.15) is 12.5 Å². The third-order valence-corrected chi connectivity index (χ3v) is 3.50. The fourth-order valence-electron chi connectivity index (χ4n) is 2.03. The van der Waals surface area contributed by atoms with Gasteiger partial charge in [-0.05, 0) is 17.7 Å². The molecule has 3 N–H and O–H groups in total. The molecule has 0 aliphatic rings. The van der Waals surface area contributed by atoms with E-state index in [0.29, 0.717) is 0 Å². The molecule has 0 radical (unpaired) electrons. The predicted molar refractivity (Wildman–Crippen MR) is 74.9 cm³/mol. The number of carboxylic acid groups (broad SMARTS) is 1. The number of benzene rings is 1. The maximum Gasteiger partial charge on any atom is 0.326 e. The number of carbonyl (C=O) groups is 2. The number of carbonyl (C=O) groups excluding carboxylic acids is 1. The second-order valence-electron chi connectivity index (χ2n) is 4.27. The van der Waals surface area contributed by atoms with Crippen molar-refractivity contribution in [3.05, 3.63) is 34.4 Å². The van der Waals surface area contributed by atoms with Gasteiger partial charge < -0.3 is 15.4 Å². The van der Waals surface area contributed by atoms with E-state index in [-0.39, 0.29) is 12.3 Å². The molecule has 2 rings (SSSR count). The van der Waals surface area contributed by atoms with E-state index >= 15 is 0 Å². The number of aromatic amines is 1. The van der Waals surface area contributed by atoms with Gasteiger partial charge in [-0.3, -0.25) is 4.79 Å². The normalized spacial score (nSPS) is 12.3. The first kappa shape index (κ1) is 13.6. The molecule has 2 aromatic rings. The number of H-pyrrole nitrogens is 1. The predicted octanol–water partition coefficient (Wildman–Crippen LogP) is 2.06. The molecule has 0 aliphatic carbocycles. The van der Waals surface area contributed by atoms with Gasteiger partial charge in [-0.2, -0.15) is 0 Å². The Bertz CT molecular complexity index is 636. The third kappa shape index (κ3) is 2.96. The van der Waals surface area contributed by atoms with Gasteiger partial charge in [0.25, 0.3) is 0 Å². The van der Waals surface area contributed by atoms with E-state index in [1.165, 1.54) is 6.92 Å². The van der Waals surface area contributed by atoms with E-state index in [1.807, 2.05) is 18.2 Å². The highest BCUT2D eigenvalue weighted by Gasteiger charge is 2.21. The Hall–Kier alpha value is -1.82. The summed E-state index contributed by atoms with van der Waals surface area (Å²) >= 11 is 3.45. The lowest BCUT2D eigenvalue weighted by molar-refractivity contribution is -0.141. The molecule has 6 heteroatoms. The minimum Gasteiger partial charge on any atom is -0.480 e. The highest BCUT2D eigenvalue weighted by Crippen LogP contribution is 2.27. The van der Waals surface area contributed by atoms with Crippen molar-refractivity contribution in [1.29, 1.82) is 0 Å². The van der Waals surface area contributed by atoms with Crippen LogP contribution >= 0.6 is 15.9 Å². The number of aromatic nitrogens is 1. The highest BCUT2D eigenvalue weighted by molar-refractivity contribution is 9.10. The van der Waals surface area contributed by atoms with E-state index in [9.17, 15) is 9.59 Å². The first-order chi connectivity index (χ1) is 8.99. The number of halogens is 1. The summed E-state index contributed by atoms with van der Waals surface area (Å²) in [6.07, 6.45) is 2.00. The summed E-state index contributed by atoms with van der Waals surface area (Å²) in [5.41, 5.74) is 1.78. The molecule has 1 heterocycles. The van der Waals surface area contributed by atoms with Crippen molar-refractivity contribution < 1.29 is 14.7 Å². The number of aliphatic carboxylic acids is 1. The van der Waals surface area contributed by atoms with Gasteiger partial charge in [-0.25, -0.2) is 4.79 Å². The van der Waals surface area contributed by atoms with E-state index in [2.05, 4.69) is 26.2 Å². The second-order valence-corrected chi connectivity index (χ2v) is 5.13. The van der Waals surface area contributed by atoms with E-state index in [1.54, 1.807) is 6.20 Å². The molecule has 0 aliphatic heterocycles. The molecule has 0 saturated heterocycles. The molecule has 19 heavy (non-hydrogen) atoms. The summed E-state index contributed by atoms with van der Waals surface area (Å²) < 4.78 is 0.896. The molecule has 1 atom stereocenters. The van der Waals surface area contributed by atoms with E-state index < -0.39 is 12.0 Å². The van der Waals surface area contributed by atoms with Crippen LogP contribution in [0.5, 0.6) is 0 Å². The lowest BCUT2D eigenvalue weighted by Crippen LogP contribution is -2.41. The quantitative estimate of drug-likeness (QED) is 0.805. The van der Waals surface area contributed by atoms with Crippen LogP contribution in [-0.2, 0) is 16.0 Å². The molecule has 0 unspecified atom stereocenters. The van der Waals surface area contributed by atoms with Crippen LogP contribution < -0.4 is 5.32 Å². The number of rotatable bonds is 4. The van der Waals surface area contributed by atoms with E-state index in [4.69, 9.17) is 5.11 Å². The molecular weight excluding hydrogens is 312 g/mol. The number of carboxylic acids is 1. The van der Waals surface area contributed by atoms with Gasteiger partial charge in [0.05, 0.1) is 0 Å². The monoisotopic (exact) mass is 324 g/mol. The van der Waals surface area contributed by atoms with Gasteiger partial charge in [0.15, 0.2) is 0 Å². The maximum atomic E-state index is 11.1. The minimum absolute atomic E-state index is 0.234. The Kier molecular flexibility index (Phi) is 3.90. The molecule has 0 fully saturated rings. The molecular formula is C13H13BrN2O3. The summed E-state index contributed by atoms with van der Waals surface area (Å²) in [5, 5.41) is 12.5. The Morgan fingerprint density at radius 1 is 1.47 bits per heavy atom. The number of amides is 1. The van der Waals surface area contributed by atoms with Crippen LogP contribution in [0.2, 0.25) is 0 Å². The average Bonchev–Trinajstić information content (AvgIpc) is 2.72. The zero-order valence-electron chi connectivity index (χ0n) is 10.2. The van der Waals surface area contributed by atoms with Gasteiger partial charge in [-0.1, -0.05) is 22.0 Å². The second kappa shape index (κ2) is 5.44. The van der Waals surface area contributed by atoms with Crippen molar-refractivity contribution in [2.45, 2.75) is 19.4 Å². The zero-order chi connectivity index (χ0) is 14.0. The summed E-state index contributed by atoms with van der Waals surface area (Å²) in [5.74, 6) is -1.40. The summed E-state index contributed by atoms with van der Waals surface area (Å²) in [6.45, 7) is 1.31. The van der Waals surface area contributed by atoms with Crippen molar-refractivity contribution >= 4 is 38.7 Å². The number of nitrogens with one attached hydrogen (secondary N) is 2. The fraction of sp³-hybridized carbons (Fsp3) is 0.231. The van der Waals surface area contributed by atoms with Crippen LogP contribution in [0.3, 0.4) is 0 Å². The summed E-state index contributed by atoms with van der Waals surface area (Å²) in [7, 11) is 0. The molecule has 100 valence electrons. The first-order valence-corrected chi connectivity index (χ1v) is 6.52. The smallest absolute Gasteiger partial charge is 0.326 e. The number of hydrogen-bond donors (Lipinski definition) is 3. The van der Waals surface area contributed by atoms with Crippen LogP contribution in [0.25, 0.3) is 10.9 Å². The van der Waals surface area contributed by atoms with Crippen molar-refractivity contribution in [3.63, 3.8) is 0 Å². The largest absolute Gasteiger partial charge is 0.480 e. The Morgan fingerprint density at radius 3 is 2.84 bits per heavy atom. The van der Waals surface area contributed by atoms with Crippen LogP contribution in [0.15, 0.2) is 28.9 Å². The maximum absolute atomic E-state index is 11.1. The summed E-state index contributed by atoms with van der Waals surface area (Å²) in [6, 6.07) is 4.78.